The summed E-state index contributed by atoms with van der Waals surface area (Å²) >= 11 is 0. The summed E-state index contributed by atoms with van der Waals surface area (Å²) in [6, 6.07) is 16.9. The second kappa shape index (κ2) is 6.20. The summed E-state index contributed by atoms with van der Waals surface area (Å²) < 4.78 is 0. The van der Waals surface area contributed by atoms with Gasteiger partial charge in [0.25, 0.3) is 5.91 Å². The number of likely N-dealkylation sites (tertiary alicyclic amines) is 2. The Balaban J connectivity index is 1.43. The van der Waals surface area contributed by atoms with Gasteiger partial charge < -0.3 is 4.90 Å². The molecule has 5 heteroatoms. The zero-order valence-electron chi connectivity index (χ0n) is 15.7. The van der Waals surface area contributed by atoms with Crippen molar-refractivity contribution in [2.45, 2.75) is 13.0 Å². The van der Waals surface area contributed by atoms with Crippen LogP contribution < -0.4 is 0 Å². The summed E-state index contributed by atoms with van der Waals surface area (Å²) in [5.41, 5.74) is 4.19. The van der Waals surface area contributed by atoms with Gasteiger partial charge in [0.2, 0.25) is 0 Å². The van der Waals surface area contributed by atoms with E-state index in [-0.39, 0.29) is 5.91 Å². The van der Waals surface area contributed by atoms with E-state index in [2.05, 4.69) is 53.3 Å². The van der Waals surface area contributed by atoms with Gasteiger partial charge in [-0.2, -0.15) is 5.10 Å². The van der Waals surface area contributed by atoms with Crippen molar-refractivity contribution in [2.75, 3.05) is 26.7 Å². The molecule has 3 atom stereocenters. The van der Waals surface area contributed by atoms with Crippen molar-refractivity contribution in [1.29, 1.82) is 0 Å². The van der Waals surface area contributed by atoms with E-state index in [0.29, 0.717) is 23.6 Å². The standard InChI is InChI=1S/C22H24N4O/c1-14-7-3-4-8-16(14)21-18-13-26(12-15(18)11-25(21)2)22(27)20-17-9-5-6-10-19(17)23-24-20/h3-10,15,18,21H,11-13H2,1-2H3,(H,23,24)/t15-,18+,21-/m0/s1. The highest BCUT2D eigenvalue weighted by Gasteiger charge is 2.47. The number of fused-ring (bicyclic) bond motifs is 2. The van der Waals surface area contributed by atoms with Crippen molar-refractivity contribution in [3.63, 3.8) is 0 Å². The average Bonchev–Trinajstić information content (AvgIpc) is 3.34. The number of H-pyrrole nitrogens is 1. The van der Waals surface area contributed by atoms with Gasteiger partial charge in [0.15, 0.2) is 5.69 Å². The number of para-hydroxylation sites is 1. The predicted molar refractivity (Wildman–Crippen MR) is 106 cm³/mol. The minimum Gasteiger partial charge on any atom is -0.337 e. The highest BCUT2D eigenvalue weighted by Crippen LogP contribution is 2.45. The van der Waals surface area contributed by atoms with Crippen LogP contribution in [-0.4, -0.2) is 52.6 Å². The maximum Gasteiger partial charge on any atom is 0.275 e. The molecule has 2 aliphatic rings. The highest BCUT2D eigenvalue weighted by atomic mass is 16.2. The third kappa shape index (κ3) is 2.57. The van der Waals surface area contributed by atoms with E-state index in [1.165, 1.54) is 11.1 Å². The molecule has 2 aliphatic heterocycles. The van der Waals surface area contributed by atoms with Crippen LogP contribution >= 0.6 is 0 Å². The van der Waals surface area contributed by atoms with Crippen molar-refractivity contribution in [3.8, 4) is 0 Å². The quantitative estimate of drug-likeness (QED) is 0.763. The van der Waals surface area contributed by atoms with E-state index < -0.39 is 0 Å². The van der Waals surface area contributed by atoms with Gasteiger partial charge in [-0.05, 0) is 37.1 Å². The summed E-state index contributed by atoms with van der Waals surface area (Å²) in [5, 5.41) is 8.21. The predicted octanol–water partition coefficient (Wildman–Crippen LogP) is 3.25. The number of carbonyl (C=O) groups is 1. The van der Waals surface area contributed by atoms with Gasteiger partial charge in [0.1, 0.15) is 0 Å². The molecule has 3 heterocycles. The summed E-state index contributed by atoms with van der Waals surface area (Å²) in [6.45, 7) is 4.84. The van der Waals surface area contributed by atoms with Gasteiger partial charge in [-0.25, -0.2) is 0 Å². The lowest BCUT2D eigenvalue weighted by molar-refractivity contribution is 0.0764. The molecule has 5 nitrogen and oxygen atoms in total. The van der Waals surface area contributed by atoms with Gasteiger partial charge in [-0.3, -0.25) is 14.8 Å². The lowest BCUT2D eigenvalue weighted by atomic mass is 9.88. The molecule has 0 radical (unpaired) electrons. The number of carbonyl (C=O) groups excluding carboxylic acids is 1. The number of hydrogen-bond acceptors (Lipinski definition) is 3. The third-order valence-electron chi connectivity index (χ3n) is 6.36. The van der Waals surface area contributed by atoms with Crippen LogP contribution in [0.2, 0.25) is 0 Å². The van der Waals surface area contributed by atoms with Crippen LogP contribution in [-0.2, 0) is 0 Å². The minimum absolute atomic E-state index is 0.0491. The zero-order chi connectivity index (χ0) is 18.5. The lowest BCUT2D eigenvalue weighted by Crippen LogP contribution is -2.33. The molecular formula is C22H24N4O. The topological polar surface area (TPSA) is 52.2 Å². The van der Waals surface area contributed by atoms with E-state index in [9.17, 15) is 4.79 Å². The van der Waals surface area contributed by atoms with Gasteiger partial charge in [0, 0.05) is 37.0 Å². The van der Waals surface area contributed by atoms with Gasteiger partial charge in [-0.1, -0.05) is 42.5 Å². The molecule has 1 N–H and O–H groups in total. The van der Waals surface area contributed by atoms with Crippen LogP contribution in [0.4, 0.5) is 0 Å². The first-order chi connectivity index (χ1) is 13.1. The minimum atomic E-state index is 0.0491. The summed E-state index contributed by atoms with van der Waals surface area (Å²) in [7, 11) is 2.21. The number of hydrogen-bond donors (Lipinski definition) is 1. The Morgan fingerprint density at radius 1 is 1.07 bits per heavy atom. The summed E-state index contributed by atoms with van der Waals surface area (Å²) in [6.07, 6.45) is 0. The first kappa shape index (κ1) is 16.5. The maximum absolute atomic E-state index is 13.2. The molecule has 138 valence electrons. The molecule has 0 saturated carbocycles. The normalized spacial score (nSPS) is 25.3. The number of amides is 1. The highest BCUT2D eigenvalue weighted by molar-refractivity contribution is 6.04. The molecule has 27 heavy (non-hydrogen) atoms. The fourth-order valence-corrected chi connectivity index (χ4v) is 5.09. The van der Waals surface area contributed by atoms with Crippen molar-refractivity contribution >= 4 is 16.8 Å². The van der Waals surface area contributed by atoms with Crippen molar-refractivity contribution in [3.05, 3.63) is 65.4 Å². The summed E-state index contributed by atoms with van der Waals surface area (Å²) in [4.78, 5) is 17.6. The number of nitrogens with zero attached hydrogens (tertiary/aromatic N) is 3. The molecule has 5 rings (SSSR count). The maximum atomic E-state index is 13.2. The first-order valence-corrected chi connectivity index (χ1v) is 9.61. The average molecular weight is 360 g/mol. The number of aromatic nitrogens is 2. The van der Waals surface area contributed by atoms with Crippen LogP contribution in [0.15, 0.2) is 48.5 Å². The molecule has 1 aromatic heterocycles. The van der Waals surface area contributed by atoms with Crippen molar-refractivity contribution in [2.24, 2.45) is 11.8 Å². The summed E-state index contributed by atoms with van der Waals surface area (Å²) in [5.74, 6) is 1.05. The zero-order valence-corrected chi connectivity index (χ0v) is 15.7. The van der Waals surface area contributed by atoms with Crippen LogP contribution in [0.25, 0.3) is 10.9 Å². The fourth-order valence-electron chi connectivity index (χ4n) is 5.09. The Labute approximate surface area is 159 Å². The first-order valence-electron chi connectivity index (χ1n) is 9.61. The number of rotatable bonds is 2. The largest absolute Gasteiger partial charge is 0.337 e. The molecule has 3 aromatic rings. The van der Waals surface area contributed by atoms with Crippen LogP contribution in [0, 0.1) is 18.8 Å². The van der Waals surface area contributed by atoms with Crippen LogP contribution in [0.5, 0.6) is 0 Å². The molecule has 0 spiro atoms. The smallest absolute Gasteiger partial charge is 0.275 e. The van der Waals surface area contributed by atoms with Crippen LogP contribution in [0.3, 0.4) is 0 Å². The Hall–Kier alpha value is -2.66. The van der Waals surface area contributed by atoms with Gasteiger partial charge in [-0.15, -0.1) is 0 Å². The molecule has 2 saturated heterocycles. The number of benzene rings is 2. The molecule has 2 fully saturated rings. The van der Waals surface area contributed by atoms with Crippen LogP contribution in [0.1, 0.15) is 27.7 Å². The van der Waals surface area contributed by atoms with Crippen molar-refractivity contribution in [1.82, 2.24) is 20.0 Å². The second-order valence-electron chi connectivity index (χ2n) is 7.99. The van der Waals surface area contributed by atoms with Gasteiger partial charge >= 0.3 is 0 Å². The Morgan fingerprint density at radius 3 is 2.70 bits per heavy atom. The van der Waals surface area contributed by atoms with Crippen molar-refractivity contribution < 1.29 is 4.79 Å². The van der Waals surface area contributed by atoms with E-state index in [1.807, 2.05) is 29.2 Å². The van der Waals surface area contributed by atoms with Gasteiger partial charge in [0.05, 0.1) is 5.52 Å². The van der Waals surface area contributed by atoms with E-state index in [1.54, 1.807) is 0 Å². The molecule has 0 unspecified atom stereocenters. The Bertz CT molecular complexity index is 1010. The Kier molecular flexibility index (Phi) is 3.79. The van der Waals surface area contributed by atoms with E-state index in [0.717, 1.165) is 30.5 Å². The lowest BCUT2D eigenvalue weighted by Gasteiger charge is -2.28. The number of aryl methyl sites for hydroxylation is 1. The monoisotopic (exact) mass is 360 g/mol. The number of aromatic amines is 1. The third-order valence-corrected chi connectivity index (χ3v) is 6.36. The second-order valence-corrected chi connectivity index (χ2v) is 7.99. The Morgan fingerprint density at radius 2 is 1.85 bits per heavy atom. The molecular weight excluding hydrogens is 336 g/mol. The molecule has 2 aromatic carbocycles. The van der Waals surface area contributed by atoms with E-state index in [4.69, 9.17) is 0 Å². The molecule has 1 amide bonds. The number of nitrogens with one attached hydrogen (secondary N) is 1. The SMILES string of the molecule is Cc1ccccc1[C@H]1[C@@H]2CN(C(=O)c3n[nH]c4ccccc34)C[C@@H]2CN1C. The molecule has 0 bridgehead atoms. The fraction of sp³-hybridized carbons (Fsp3) is 0.364. The molecule has 0 aliphatic carbocycles. The van der Waals surface area contributed by atoms with E-state index >= 15 is 0 Å².